The maximum atomic E-state index is 12.5. The zero-order valence-electron chi connectivity index (χ0n) is 11.5. The van der Waals surface area contributed by atoms with E-state index in [9.17, 15) is 18.4 Å². The summed E-state index contributed by atoms with van der Waals surface area (Å²) in [6.07, 6.45) is -4.38. The monoisotopic (exact) mass is 362 g/mol. The largest absolute Gasteiger partial charge is 0.416 e. The Morgan fingerprint density at radius 1 is 1.04 bits per heavy atom. The number of alkyl halides is 3. The Hall–Kier alpha value is -1.76. The Morgan fingerprint density at radius 2 is 1.61 bits per heavy atom. The molecule has 0 atom stereocenters. The second kappa shape index (κ2) is 7.21. The van der Waals surface area contributed by atoms with Crippen molar-refractivity contribution in [1.29, 1.82) is 0 Å². The number of hydroxylamine groups is 1. The first-order valence-electron chi connectivity index (χ1n) is 6.38. The summed E-state index contributed by atoms with van der Waals surface area (Å²) in [5.74, 6) is 0.0282. The molecular formula is C15H11Cl2F3N2O. The molecule has 0 bridgehead atoms. The number of hydrogen-bond donors (Lipinski definition) is 2. The predicted octanol–water partition coefficient (Wildman–Crippen LogP) is 4.94. The number of hydrogen-bond acceptors (Lipinski definition) is 2. The first-order chi connectivity index (χ1) is 10.8. The van der Waals surface area contributed by atoms with Crippen LogP contribution in [-0.2, 0) is 12.7 Å². The molecule has 0 saturated carbocycles. The molecule has 0 radical (unpaired) electrons. The van der Waals surface area contributed by atoms with Crippen molar-refractivity contribution in [2.24, 2.45) is 4.99 Å². The maximum absolute atomic E-state index is 12.5. The fourth-order valence-electron chi connectivity index (χ4n) is 1.86. The highest BCUT2D eigenvalue weighted by atomic mass is 35.5. The van der Waals surface area contributed by atoms with Gasteiger partial charge in [-0.1, -0.05) is 41.4 Å². The second-order valence-electron chi connectivity index (χ2n) is 4.57. The highest BCUT2D eigenvalue weighted by Crippen LogP contribution is 2.29. The number of nitrogens with zero attached hydrogens (tertiary/aromatic N) is 1. The summed E-state index contributed by atoms with van der Waals surface area (Å²) in [6.45, 7) is 0.0442. The molecule has 0 fully saturated rings. The van der Waals surface area contributed by atoms with Gasteiger partial charge in [-0.3, -0.25) is 15.7 Å². The normalized spacial score (nSPS) is 12.3. The van der Waals surface area contributed by atoms with Gasteiger partial charge in [0.25, 0.3) is 0 Å². The zero-order chi connectivity index (χ0) is 17.0. The minimum absolute atomic E-state index is 0.0282. The number of benzene rings is 2. The third kappa shape index (κ3) is 4.37. The fraction of sp³-hybridized carbons (Fsp3) is 0.133. The molecule has 23 heavy (non-hydrogen) atoms. The highest BCUT2D eigenvalue weighted by Gasteiger charge is 2.29. The lowest BCUT2D eigenvalue weighted by Crippen LogP contribution is -2.21. The Morgan fingerprint density at radius 3 is 2.09 bits per heavy atom. The van der Waals surface area contributed by atoms with Crippen LogP contribution < -0.4 is 5.48 Å². The Kier molecular flexibility index (Phi) is 5.51. The topological polar surface area (TPSA) is 44.6 Å². The summed E-state index contributed by atoms with van der Waals surface area (Å²) < 4.78 is 37.5. The molecule has 0 heterocycles. The smallest absolute Gasteiger partial charge is 0.290 e. The van der Waals surface area contributed by atoms with E-state index in [1.165, 1.54) is 12.1 Å². The molecule has 2 aromatic rings. The van der Waals surface area contributed by atoms with E-state index in [-0.39, 0.29) is 22.4 Å². The molecule has 0 unspecified atom stereocenters. The zero-order valence-corrected chi connectivity index (χ0v) is 13.0. The van der Waals surface area contributed by atoms with E-state index in [4.69, 9.17) is 23.2 Å². The Labute approximate surface area is 140 Å². The first kappa shape index (κ1) is 17.6. The van der Waals surface area contributed by atoms with Crippen LogP contribution in [0.5, 0.6) is 0 Å². The molecule has 122 valence electrons. The molecule has 0 spiro atoms. The van der Waals surface area contributed by atoms with Gasteiger partial charge in [-0.05, 0) is 29.8 Å². The average Bonchev–Trinajstić information content (AvgIpc) is 2.49. The molecule has 8 heteroatoms. The Bertz CT molecular complexity index is 695. The number of amidine groups is 1. The second-order valence-corrected chi connectivity index (χ2v) is 5.38. The van der Waals surface area contributed by atoms with Gasteiger partial charge < -0.3 is 0 Å². The van der Waals surface area contributed by atoms with Crippen LogP contribution in [0.25, 0.3) is 0 Å². The van der Waals surface area contributed by atoms with Crippen LogP contribution in [0.3, 0.4) is 0 Å². The van der Waals surface area contributed by atoms with Crippen molar-refractivity contribution in [3.05, 3.63) is 69.2 Å². The molecule has 2 rings (SSSR count). The van der Waals surface area contributed by atoms with Crippen molar-refractivity contribution in [3.63, 3.8) is 0 Å². The molecular weight excluding hydrogens is 352 g/mol. The molecule has 0 amide bonds. The van der Waals surface area contributed by atoms with Crippen molar-refractivity contribution in [2.75, 3.05) is 0 Å². The third-order valence-electron chi connectivity index (χ3n) is 3.01. The van der Waals surface area contributed by atoms with Crippen LogP contribution in [0.15, 0.2) is 47.5 Å². The van der Waals surface area contributed by atoms with Crippen molar-refractivity contribution in [3.8, 4) is 0 Å². The van der Waals surface area contributed by atoms with Gasteiger partial charge in [0.15, 0.2) is 5.84 Å². The molecule has 0 aromatic heterocycles. The van der Waals surface area contributed by atoms with Crippen molar-refractivity contribution in [1.82, 2.24) is 5.48 Å². The molecule has 0 saturated heterocycles. The summed E-state index contributed by atoms with van der Waals surface area (Å²) in [7, 11) is 0. The van der Waals surface area contributed by atoms with E-state index >= 15 is 0 Å². The van der Waals surface area contributed by atoms with Gasteiger partial charge in [-0.15, -0.1) is 0 Å². The van der Waals surface area contributed by atoms with Crippen molar-refractivity contribution in [2.45, 2.75) is 12.7 Å². The Balaban J connectivity index is 2.23. The summed E-state index contributed by atoms with van der Waals surface area (Å²) in [4.78, 5) is 4.10. The van der Waals surface area contributed by atoms with Crippen molar-refractivity contribution >= 4 is 29.0 Å². The number of halogens is 5. The fourth-order valence-corrected chi connectivity index (χ4v) is 2.44. The maximum Gasteiger partial charge on any atom is 0.416 e. The van der Waals surface area contributed by atoms with E-state index < -0.39 is 11.7 Å². The van der Waals surface area contributed by atoms with Crippen LogP contribution in [0.4, 0.5) is 13.2 Å². The van der Waals surface area contributed by atoms with Crippen LogP contribution in [0.1, 0.15) is 16.7 Å². The molecule has 2 aromatic carbocycles. The third-order valence-corrected chi connectivity index (χ3v) is 3.64. The van der Waals surface area contributed by atoms with Gasteiger partial charge in [-0.2, -0.15) is 13.2 Å². The van der Waals surface area contributed by atoms with Gasteiger partial charge in [0.1, 0.15) is 0 Å². The summed E-state index contributed by atoms with van der Waals surface area (Å²) in [6, 6.07) is 9.37. The van der Waals surface area contributed by atoms with E-state index in [1.54, 1.807) is 18.2 Å². The molecule has 0 aliphatic carbocycles. The minimum Gasteiger partial charge on any atom is -0.290 e. The molecule has 2 N–H and O–H groups in total. The van der Waals surface area contributed by atoms with Crippen LogP contribution >= 0.6 is 23.2 Å². The van der Waals surface area contributed by atoms with Crippen molar-refractivity contribution < 1.29 is 18.4 Å². The first-order valence-corrected chi connectivity index (χ1v) is 7.13. The summed E-state index contributed by atoms with van der Waals surface area (Å²) in [5.41, 5.74) is 2.02. The minimum atomic E-state index is -4.38. The van der Waals surface area contributed by atoms with Crippen LogP contribution in [-0.4, -0.2) is 11.0 Å². The standard InChI is InChI=1S/C15H11Cl2F3N2O/c16-11-2-1-3-12(17)13(11)14(22-23)21-8-9-4-6-10(7-5-9)15(18,19)20/h1-7,23H,8H2,(H,21,22). The molecule has 3 nitrogen and oxygen atoms in total. The van der Waals surface area contributed by atoms with Crippen LogP contribution in [0, 0.1) is 0 Å². The number of aliphatic imine (C=N–C) groups is 1. The lowest BCUT2D eigenvalue weighted by molar-refractivity contribution is -0.137. The average molecular weight is 363 g/mol. The quantitative estimate of drug-likeness (QED) is 0.461. The van der Waals surface area contributed by atoms with E-state index in [0.29, 0.717) is 11.1 Å². The molecule has 0 aliphatic heterocycles. The highest BCUT2D eigenvalue weighted by molar-refractivity contribution is 6.40. The SMILES string of the molecule is ONC(=NCc1ccc(C(F)(F)F)cc1)c1c(Cl)cccc1Cl. The molecule has 0 aliphatic rings. The van der Waals surface area contributed by atoms with Gasteiger partial charge in [0.2, 0.25) is 0 Å². The summed E-state index contributed by atoms with van der Waals surface area (Å²) >= 11 is 12.0. The van der Waals surface area contributed by atoms with E-state index in [1.807, 2.05) is 5.48 Å². The lowest BCUT2D eigenvalue weighted by Gasteiger charge is -2.10. The van der Waals surface area contributed by atoms with Gasteiger partial charge in [0.05, 0.1) is 27.7 Å². The van der Waals surface area contributed by atoms with Gasteiger partial charge in [0, 0.05) is 0 Å². The number of nitrogens with one attached hydrogen (secondary N) is 1. The van der Waals surface area contributed by atoms with E-state index in [2.05, 4.69) is 4.99 Å². The summed E-state index contributed by atoms with van der Waals surface area (Å²) in [5, 5.41) is 9.78. The predicted molar refractivity (Wildman–Crippen MR) is 83.1 cm³/mol. The number of rotatable bonds is 3. The van der Waals surface area contributed by atoms with E-state index in [0.717, 1.165) is 12.1 Å². The van der Waals surface area contributed by atoms with Crippen LogP contribution in [0.2, 0.25) is 10.0 Å². The van der Waals surface area contributed by atoms with Gasteiger partial charge in [-0.25, -0.2) is 0 Å². The lowest BCUT2D eigenvalue weighted by atomic mass is 10.1. The van der Waals surface area contributed by atoms with Gasteiger partial charge >= 0.3 is 6.18 Å².